The second kappa shape index (κ2) is 8.72. The van der Waals surface area contributed by atoms with Gasteiger partial charge in [-0.25, -0.2) is 13.4 Å². The highest BCUT2D eigenvalue weighted by Crippen LogP contribution is 2.34. The lowest BCUT2D eigenvalue weighted by molar-refractivity contribution is 0.103. The van der Waals surface area contributed by atoms with Crippen molar-refractivity contribution in [2.24, 2.45) is 0 Å². The molecule has 0 atom stereocenters. The van der Waals surface area contributed by atoms with Crippen LogP contribution in [0.25, 0.3) is 10.1 Å². The first-order valence-corrected chi connectivity index (χ1v) is 13.8. The minimum absolute atomic E-state index is 0.193. The zero-order chi connectivity index (χ0) is 24.0. The van der Waals surface area contributed by atoms with Crippen molar-refractivity contribution in [3.8, 4) is 11.6 Å². The minimum Gasteiger partial charge on any atom is -0.438 e. The second-order valence-corrected chi connectivity index (χ2v) is 13.3. The molecule has 0 saturated carbocycles. The van der Waals surface area contributed by atoms with Gasteiger partial charge in [0.15, 0.2) is 9.84 Å². The number of halogens is 1. The van der Waals surface area contributed by atoms with Crippen LogP contribution < -0.4 is 10.1 Å². The van der Waals surface area contributed by atoms with Gasteiger partial charge in [0.2, 0.25) is 5.88 Å². The fraction of sp³-hybridized carbons (Fsp3) is 0.217. The van der Waals surface area contributed by atoms with E-state index in [1.54, 1.807) is 49.4 Å². The number of aromatic nitrogens is 1. The van der Waals surface area contributed by atoms with Crippen molar-refractivity contribution < 1.29 is 17.9 Å². The van der Waals surface area contributed by atoms with E-state index < -0.39 is 14.6 Å². The van der Waals surface area contributed by atoms with E-state index in [9.17, 15) is 13.2 Å². The van der Waals surface area contributed by atoms with Gasteiger partial charge in [0.1, 0.15) is 10.9 Å². The average molecular weight is 521 g/mol. The molecule has 0 saturated heterocycles. The summed E-state index contributed by atoms with van der Waals surface area (Å²) in [5, 5.41) is 5.70. The summed E-state index contributed by atoms with van der Waals surface area (Å²) < 4.78 is 30.0. The number of fused-ring (bicyclic) bond motifs is 1. The molecule has 0 aliphatic carbocycles. The molecule has 0 fully saturated rings. The predicted octanol–water partition coefficient (Wildman–Crippen LogP) is 6.64. The molecule has 33 heavy (non-hydrogen) atoms. The summed E-state index contributed by atoms with van der Waals surface area (Å²) in [6.45, 7) is 5.33. The van der Waals surface area contributed by atoms with Crippen LogP contribution >= 0.6 is 34.3 Å². The van der Waals surface area contributed by atoms with Gasteiger partial charge in [-0.05, 0) is 62.1 Å². The minimum atomic E-state index is -3.31. The Hall–Kier alpha value is -2.46. The van der Waals surface area contributed by atoms with E-state index in [0.717, 1.165) is 15.0 Å². The van der Waals surface area contributed by atoms with Gasteiger partial charge < -0.3 is 10.1 Å². The number of rotatable bonds is 6. The van der Waals surface area contributed by atoms with Crippen molar-refractivity contribution >= 4 is 65.8 Å². The summed E-state index contributed by atoms with van der Waals surface area (Å²) in [5.74, 6) is 0.626. The monoisotopic (exact) mass is 520 g/mol. The van der Waals surface area contributed by atoms with Crippen LogP contribution in [0.2, 0.25) is 5.15 Å². The van der Waals surface area contributed by atoms with Gasteiger partial charge >= 0.3 is 0 Å². The Morgan fingerprint density at radius 1 is 1.15 bits per heavy atom. The van der Waals surface area contributed by atoms with Crippen LogP contribution in [-0.4, -0.2) is 25.6 Å². The van der Waals surface area contributed by atoms with Gasteiger partial charge in [-0.2, -0.15) is 0 Å². The third-order valence-corrected chi connectivity index (χ3v) is 9.56. The largest absolute Gasteiger partial charge is 0.438 e. The molecule has 4 rings (SSSR count). The molecule has 172 valence electrons. The van der Waals surface area contributed by atoms with Gasteiger partial charge in [0.25, 0.3) is 5.91 Å². The summed E-state index contributed by atoms with van der Waals surface area (Å²) >= 11 is 9.01. The lowest BCUT2D eigenvalue weighted by atomic mass is 10.0. The molecule has 0 unspecified atom stereocenters. The molecule has 0 bridgehead atoms. The number of amides is 1. The van der Waals surface area contributed by atoms with Gasteiger partial charge in [-0.15, -0.1) is 22.7 Å². The Labute approximate surface area is 205 Å². The molecule has 1 amide bonds. The smallest absolute Gasteiger partial charge is 0.265 e. The predicted molar refractivity (Wildman–Crippen MR) is 136 cm³/mol. The number of ether oxygens (including phenoxy) is 1. The van der Waals surface area contributed by atoms with Crippen molar-refractivity contribution in [2.45, 2.75) is 25.5 Å². The van der Waals surface area contributed by atoms with E-state index in [-0.39, 0.29) is 16.9 Å². The molecule has 10 heteroatoms. The topological polar surface area (TPSA) is 85.4 Å². The Bertz CT molecular complexity index is 1470. The van der Waals surface area contributed by atoms with E-state index in [2.05, 4.69) is 10.3 Å². The molecular weight excluding hydrogens is 500 g/mol. The van der Waals surface area contributed by atoms with Crippen LogP contribution in [0.3, 0.4) is 0 Å². The molecule has 1 aromatic carbocycles. The molecule has 6 nitrogen and oxygen atoms in total. The van der Waals surface area contributed by atoms with Crippen LogP contribution in [0.5, 0.6) is 11.6 Å². The maximum Gasteiger partial charge on any atom is 0.265 e. The number of hydrogen-bond acceptors (Lipinski definition) is 7. The fourth-order valence-electron chi connectivity index (χ4n) is 3.13. The van der Waals surface area contributed by atoms with Gasteiger partial charge in [-0.3, -0.25) is 4.79 Å². The van der Waals surface area contributed by atoms with Crippen LogP contribution in [0.4, 0.5) is 5.69 Å². The number of pyridine rings is 1. The zero-order valence-electron chi connectivity index (χ0n) is 18.3. The first-order chi connectivity index (χ1) is 15.4. The van der Waals surface area contributed by atoms with E-state index >= 15 is 0 Å². The quantitative estimate of drug-likeness (QED) is 0.288. The Balaban J connectivity index is 1.58. The molecule has 0 radical (unpaired) electrons. The third kappa shape index (κ3) is 5.06. The highest BCUT2D eigenvalue weighted by Gasteiger charge is 2.32. The number of carbonyl (C=O) groups is 1. The van der Waals surface area contributed by atoms with Gasteiger partial charge in [0, 0.05) is 33.0 Å². The van der Waals surface area contributed by atoms with E-state index in [1.807, 2.05) is 30.5 Å². The van der Waals surface area contributed by atoms with Crippen molar-refractivity contribution in [2.75, 3.05) is 11.6 Å². The van der Waals surface area contributed by atoms with E-state index in [1.165, 1.54) is 17.6 Å². The van der Waals surface area contributed by atoms with E-state index in [4.69, 9.17) is 16.3 Å². The van der Waals surface area contributed by atoms with Gasteiger partial charge in [0.05, 0.1) is 9.62 Å². The number of benzene rings is 1. The molecule has 0 aliphatic heterocycles. The van der Waals surface area contributed by atoms with Crippen molar-refractivity contribution in [1.82, 2.24) is 4.98 Å². The van der Waals surface area contributed by atoms with Crippen LogP contribution in [0, 0.1) is 6.92 Å². The Kier molecular flexibility index (Phi) is 6.26. The molecule has 4 aromatic rings. The highest BCUT2D eigenvalue weighted by molar-refractivity contribution is 7.91. The Morgan fingerprint density at radius 2 is 1.91 bits per heavy atom. The van der Waals surface area contributed by atoms with Crippen LogP contribution in [-0.2, 0) is 14.6 Å². The second-order valence-electron chi connectivity index (χ2n) is 8.11. The average Bonchev–Trinajstić information content (AvgIpc) is 3.31. The number of carbonyl (C=O) groups excluding carboxylic acids is 1. The number of nitrogens with one attached hydrogen (secondary N) is 1. The fourth-order valence-corrected chi connectivity index (χ4v) is 5.42. The number of hydrogen-bond donors (Lipinski definition) is 1. The summed E-state index contributed by atoms with van der Waals surface area (Å²) in [6, 6.07) is 12.3. The number of nitrogens with zero attached hydrogens (tertiary/aromatic N) is 1. The SMILES string of the molecule is Cc1cc(Oc2cc(NC(=O)c3cc4cc(C(C)(C)S(C)(=O)=O)ccc4s3)cc(Cl)n2)cs1. The maximum absolute atomic E-state index is 12.9. The van der Waals surface area contributed by atoms with Crippen molar-refractivity contribution in [3.63, 3.8) is 0 Å². The first-order valence-electron chi connectivity index (χ1n) is 9.88. The van der Waals surface area contributed by atoms with E-state index in [0.29, 0.717) is 21.9 Å². The maximum atomic E-state index is 12.9. The molecule has 3 aromatic heterocycles. The van der Waals surface area contributed by atoms with Crippen LogP contribution in [0.15, 0.2) is 47.8 Å². The molecule has 0 aliphatic rings. The standard InChI is InChI=1S/C23H21ClN2O4S3/c1-13-7-17(12-31-13)30-21-11-16(10-20(24)26-21)25-22(27)19-9-14-8-15(5-6-18(14)32-19)23(2,3)33(4,28)29/h5-12H,1-4H3,(H,25,26,27). The molecule has 0 spiro atoms. The highest BCUT2D eigenvalue weighted by atomic mass is 35.5. The van der Waals surface area contributed by atoms with Crippen LogP contribution in [0.1, 0.15) is 34.0 Å². The number of thiophene rings is 2. The lowest BCUT2D eigenvalue weighted by Gasteiger charge is -2.23. The molecule has 3 heterocycles. The number of aryl methyl sites for hydroxylation is 1. The summed E-state index contributed by atoms with van der Waals surface area (Å²) in [4.78, 5) is 18.7. The number of sulfone groups is 1. The van der Waals surface area contributed by atoms with Gasteiger partial charge in [-0.1, -0.05) is 17.7 Å². The first kappa shape index (κ1) is 23.7. The molecule has 1 N–H and O–H groups in total. The van der Waals surface area contributed by atoms with Crippen molar-refractivity contribution in [3.05, 3.63) is 68.3 Å². The normalized spacial score (nSPS) is 12.2. The zero-order valence-corrected chi connectivity index (χ0v) is 21.5. The lowest BCUT2D eigenvalue weighted by Crippen LogP contribution is -2.27. The Morgan fingerprint density at radius 3 is 2.58 bits per heavy atom. The number of anilines is 1. The summed E-state index contributed by atoms with van der Waals surface area (Å²) in [6.07, 6.45) is 1.22. The summed E-state index contributed by atoms with van der Waals surface area (Å²) in [5.41, 5.74) is 1.13. The summed E-state index contributed by atoms with van der Waals surface area (Å²) in [7, 11) is -3.31. The van der Waals surface area contributed by atoms with Crippen molar-refractivity contribution in [1.29, 1.82) is 0 Å². The molecular formula is C23H21ClN2O4S3. The third-order valence-electron chi connectivity index (χ3n) is 5.32.